The molecule has 0 radical (unpaired) electrons. The van der Waals surface area contributed by atoms with Crippen LogP contribution in [0.5, 0.6) is 0 Å². The predicted octanol–water partition coefficient (Wildman–Crippen LogP) is 2.97. The van der Waals surface area contributed by atoms with Crippen molar-refractivity contribution in [3.63, 3.8) is 0 Å². The Kier molecular flexibility index (Phi) is 6.40. The third kappa shape index (κ3) is 4.98. The number of benzene rings is 1. The maximum Gasteiger partial charge on any atom is 0.250 e. The van der Waals surface area contributed by atoms with E-state index in [-0.39, 0.29) is 28.8 Å². The molecule has 1 aliphatic heterocycles. The van der Waals surface area contributed by atoms with Crippen LogP contribution in [0.3, 0.4) is 0 Å². The van der Waals surface area contributed by atoms with Crippen molar-refractivity contribution in [2.75, 3.05) is 13.1 Å². The highest BCUT2D eigenvalue weighted by Gasteiger charge is 2.46. The zero-order chi connectivity index (χ0) is 24.4. The van der Waals surface area contributed by atoms with Crippen molar-refractivity contribution < 1.29 is 4.79 Å². The second-order valence-corrected chi connectivity index (χ2v) is 10.0. The van der Waals surface area contributed by atoms with Gasteiger partial charge < -0.3 is 15.2 Å². The fraction of sp³-hybridized carbons (Fsp3) is 0.429. The molecule has 0 bridgehead atoms. The first-order valence-corrected chi connectivity index (χ1v) is 12.4. The van der Waals surface area contributed by atoms with E-state index >= 15 is 0 Å². The average Bonchev–Trinajstić information content (AvgIpc) is 3.63. The van der Waals surface area contributed by atoms with E-state index < -0.39 is 0 Å². The van der Waals surface area contributed by atoms with Crippen molar-refractivity contribution in [2.24, 2.45) is 13.0 Å². The van der Waals surface area contributed by atoms with E-state index in [9.17, 15) is 9.59 Å². The first kappa shape index (κ1) is 23.3. The Labute approximate surface area is 205 Å². The number of rotatable bonds is 7. The molecule has 3 aromatic rings. The number of nitrogens with zero attached hydrogens (tertiary/aromatic N) is 3. The van der Waals surface area contributed by atoms with Gasteiger partial charge in [-0.05, 0) is 79.5 Å². The predicted molar refractivity (Wildman–Crippen MR) is 135 cm³/mol. The average molecular weight is 470 g/mol. The molecule has 3 heterocycles. The van der Waals surface area contributed by atoms with Crippen LogP contribution >= 0.6 is 0 Å². The molecule has 35 heavy (non-hydrogen) atoms. The zero-order valence-electron chi connectivity index (χ0n) is 20.1. The summed E-state index contributed by atoms with van der Waals surface area (Å²) in [5.74, 6) is -0.138. The lowest BCUT2D eigenvalue weighted by Crippen LogP contribution is -2.49. The van der Waals surface area contributed by atoms with Gasteiger partial charge in [0.05, 0.1) is 17.5 Å². The number of piperidine rings is 1. The van der Waals surface area contributed by atoms with E-state index in [1.54, 1.807) is 30.1 Å². The van der Waals surface area contributed by atoms with Crippen molar-refractivity contribution in [1.82, 2.24) is 20.2 Å². The van der Waals surface area contributed by atoms with E-state index in [1.165, 1.54) is 0 Å². The largest absolute Gasteiger partial charge is 0.350 e. The first-order chi connectivity index (χ1) is 17.0. The summed E-state index contributed by atoms with van der Waals surface area (Å²) < 4.78 is 1.56. The molecule has 2 atom stereocenters. The molecule has 2 aromatic heterocycles. The second-order valence-electron chi connectivity index (χ2n) is 10.0. The molecule has 2 fully saturated rings. The lowest BCUT2D eigenvalue weighted by Gasteiger charge is -2.33. The third-order valence-electron chi connectivity index (χ3n) is 7.52. The molecular formula is C28H31N5O2. The number of carbonyl (C=O) groups is 1. The molecule has 180 valence electrons. The van der Waals surface area contributed by atoms with Gasteiger partial charge in [-0.3, -0.25) is 14.6 Å². The smallest absolute Gasteiger partial charge is 0.250 e. The molecule has 0 spiro atoms. The van der Waals surface area contributed by atoms with Gasteiger partial charge in [0.1, 0.15) is 0 Å². The normalized spacial score (nSPS) is 20.8. The summed E-state index contributed by atoms with van der Waals surface area (Å²) >= 11 is 0. The Hall–Kier alpha value is -3.50. The van der Waals surface area contributed by atoms with Crippen LogP contribution < -0.4 is 16.2 Å². The molecule has 1 saturated carbocycles. The van der Waals surface area contributed by atoms with Gasteiger partial charge in [-0.15, -0.1) is 0 Å². The Bertz CT molecular complexity index is 1350. The maximum absolute atomic E-state index is 13.6. The Morgan fingerprint density at radius 2 is 2.17 bits per heavy atom. The van der Waals surface area contributed by atoms with E-state index in [1.807, 2.05) is 12.1 Å². The fourth-order valence-electron chi connectivity index (χ4n) is 5.36. The quantitative estimate of drug-likeness (QED) is 0.554. The lowest BCUT2D eigenvalue weighted by atomic mass is 9.80. The first-order valence-electron chi connectivity index (χ1n) is 12.4. The number of hydrogen-bond acceptors (Lipinski definition) is 5. The van der Waals surface area contributed by atoms with Gasteiger partial charge in [-0.1, -0.05) is 12.1 Å². The highest BCUT2D eigenvalue weighted by molar-refractivity contribution is 5.84. The Balaban J connectivity index is 1.37. The standard InChI is InChI=1S/C28H31N5O2/c1-33-13-7-20(16-25(33)34)23-6-12-30-18-24(23)27(35)32-28(8-9-28)17-22-15-19(4-2-10-29)14-21-5-3-11-31-26(21)22/h3,5,7,11,13-16,23-24,30H,2,4,6,8-9,12,17-18H2,1H3,(H,32,35). The van der Waals surface area contributed by atoms with Gasteiger partial charge in [0.25, 0.3) is 5.56 Å². The van der Waals surface area contributed by atoms with E-state index in [2.05, 4.69) is 39.9 Å². The summed E-state index contributed by atoms with van der Waals surface area (Å²) in [6.07, 6.45) is 8.21. The minimum Gasteiger partial charge on any atom is -0.350 e. The summed E-state index contributed by atoms with van der Waals surface area (Å²) in [6, 6.07) is 14.1. The summed E-state index contributed by atoms with van der Waals surface area (Å²) in [5.41, 5.74) is 3.86. The Morgan fingerprint density at radius 1 is 1.31 bits per heavy atom. The minimum absolute atomic E-state index is 0.0257. The molecule has 7 heteroatoms. The van der Waals surface area contributed by atoms with Crippen LogP contribution in [0.15, 0.2) is 53.6 Å². The van der Waals surface area contributed by atoms with Crippen molar-refractivity contribution >= 4 is 16.8 Å². The topological polar surface area (TPSA) is 99.8 Å². The summed E-state index contributed by atoms with van der Waals surface area (Å²) in [5, 5.41) is 16.9. The molecule has 1 aliphatic carbocycles. The maximum atomic E-state index is 13.6. The molecule has 2 N–H and O–H groups in total. The van der Waals surface area contributed by atoms with E-state index in [4.69, 9.17) is 5.26 Å². The highest BCUT2D eigenvalue weighted by atomic mass is 16.2. The van der Waals surface area contributed by atoms with Crippen molar-refractivity contribution in [1.29, 1.82) is 5.26 Å². The van der Waals surface area contributed by atoms with Crippen LogP contribution in [0.1, 0.15) is 48.3 Å². The molecule has 1 saturated heterocycles. The van der Waals surface area contributed by atoms with Gasteiger partial charge >= 0.3 is 0 Å². The lowest BCUT2D eigenvalue weighted by molar-refractivity contribution is -0.127. The number of carbonyl (C=O) groups excluding carboxylic acids is 1. The number of nitrogens with one attached hydrogen (secondary N) is 2. The zero-order valence-corrected chi connectivity index (χ0v) is 20.1. The number of pyridine rings is 2. The number of nitriles is 1. The molecular weight excluding hydrogens is 438 g/mol. The molecule has 5 rings (SSSR count). The summed E-state index contributed by atoms with van der Waals surface area (Å²) in [6.45, 7) is 1.44. The van der Waals surface area contributed by atoms with Crippen LogP contribution in [0.4, 0.5) is 0 Å². The molecule has 2 aliphatic rings. The summed E-state index contributed by atoms with van der Waals surface area (Å²) in [4.78, 5) is 30.4. The fourth-order valence-corrected chi connectivity index (χ4v) is 5.36. The molecule has 1 aromatic carbocycles. The van der Waals surface area contributed by atoms with Gasteiger partial charge in [0, 0.05) is 49.4 Å². The van der Waals surface area contributed by atoms with Gasteiger partial charge in [-0.25, -0.2) is 0 Å². The van der Waals surface area contributed by atoms with Crippen LogP contribution in [-0.4, -0.2) is 34.1 Å². The van der Waals surface area contributed by atoms with E-state index in [0.29, 0.717) is 19.4 Å². The third-order valence-corrected chi connectivity index (χ3v) is 7.52. The molecule has 1 amide bonds. The number of amides is 1. The van der Waals surface area contributed by atoms with Crippen molar-refractivity contribution in [3.8, 4) is 6.07 Å². The van der Waals surface area contributed by atoms with Crippen LogP contribution in [0.25, 0.3) is 10.9 Å². The molecule has 2 unspecified atom stereocenters. The number of fused-ring (bicyclic) bond motifs is 1. The van der Waals surface area contributed by atoms with E-state index in [0.717, 1.165) is 59.8 Å². The number of aromatic nitrogens is 2. The van der Waals surface area contributed by atoms with Gasteiger partial charge in [0.15, 0.2) is 0 Å². The van der Waals surface area contributed by atoms with Crippen LogP contribution in [0, 0.1) is 17.2 Å². The van der Waals surface area contributed by atoms with Crippen molar-refractivity contribution in [2.45, 2.75) is 50.0 Å². The van der Waals surface area contributed by atoms with Crippen LogP contribution in [0.2, 0.25) is 0 Å². The van der Waals surface area contributed by atoms with Crippen molar-refractivity contribution in [3.05, 3.63) is 75.8 Å². The number of hydrogen-bond donors (Lipinski definition) is 2. The van der Waals surface area contributed by atoms with Gasteiger partial charge in [-0.2, -0.15) is 5.26 Å². The van der Waals surface area contributed by atoms with Crippen LogP contribution in [-0.2, 0) is 24.7 Å². The second kappa shape index (κ2) is 9.63. The van der Waals surface area contributed by atoms with Gasteiger partial charge in [0.2, 0.25) is 5.91 Å². The minimum atomic E-state index is -0.260. The number of aryl methyl sites for hydroxylation is 2. The summed E-state index contributed by atoms with van der Waals surface area (Å²) in [7, 11) is 1.74. The molecule has 7 nitrogen and oxygen atoms in total. The highest BCUT2D eigenvalue weighted by Crippen LogP contribution is 2.41. The SMILES string of the molecule is Cn1ccc(C2CCNCC2C(=O)NC2(Cc3cc(CCC#N)cc4cccnc34)CC2)cc1=O. The Morgan fingerprint density at radius 3 is 2.94 bits per heavy atom. The monoisotopic (exact) mass is 469 g/mol.